The van der Waals surface area contributed by atoms with Gasteiger partial charge in [-0.15, -0.1) is 0 Å². The number of pyridine rings is 1. The minimum Gasteiger partial charge on any atom is -0.493 e. The van der Waals surface area contributed by atoms with Crippen LogP contribution in [-0.2, 0) is 4.79 Å². The number of fused-ring (bicyclic) bond motifs is 1. The zero-order valence-corrected chi connectivity index (χ0v) is 18.9. The van der Waals surface area contributed by atoms with Gasteiger partial charge in [-0.25, -0.2) is 4.98 Å². The Labute approximate surface area is 194 Å². The first-order chi connectivity index (χ1) is 16.0. The predicted molar refractivity (Wildman–Crippen MR) is 125 cm³/mol. The van der Waals surface area contributed by atoms with Crippen LogP contribution in [0.25, 0.3) is 22.2 Å². The molecule has 2 aromatic carbocycles. The van der Waals surface area contributed by atoms with E-state index < -0.39 is 11.8 Å². The summed E-state index contributed by atoms with van der Waals surface area (Å²) in [5.74, 6) is 0.805. The summed E-state index contributed by atoms with van der Waals surface area (Å²) in [6.07, 6.45) is 0. The Morgan fingerprint density at radius 3 is 2.58 bits per heavy atom. The summed E-state index contributed by atoms with van der Waals surface area (Å²) in [6, 6.07) is 14.3. The average molecular weight is 467 g/mol. The monoisotopic (exact) mass is 466 g/mol. The number of aromatic nitrogens is 1. The predicted octanol–water partition coefficient (Wildman–Crippen LogP) is 2.85. The molecule has 4 rings (SSSR count). The lowest BCUT2D eigenvalue weighted by Crippen LogP contribution is -2.46. The molecule has 2 heterocycles. The van der Waals surface area contributed by atoms with Crippen LogP contribution in [0.5, 0.6) is 11.5 Å². The summed E-state index contributed by atoms with van der Waals surface area (Å²) < 4.78 is 10.7. The Kier molecular flexibility index (Phi) is 6.64. The number of methoxy groups -OCH3 is 2. The van der Waals surface area contributed by atoms with E-state index in [0.717, 1.165) is 5.56 Å². The number of nitrogens with zero attached hydrogens (tertiary/aromatic N) is 2. The van der Waals surface area contributed by atoms with Crippen LogP contribution >= 0.6 is 11.8 Å². The van der Waals surface area contributed by atoms with Crippen molar-refractivity contribution in [2.45, 2.75) is 0 Å². The molecule has 1 aliphatic heterocycles. The lowest BCUT2D eigenvalue weighted by atomic mass is 10.0. The lowest BCUT2D eigenvalue weighted by molar-refractivity contribution is -0.122. The second-order valence-corrected chi connectivity index (χ2v) is 8.23. The smallest absolute Gasteiger partial charge is 0.282 e. The highest BCUT2D eigenvalue weighted by atomic mass is 32.2. The SMILES string of the molecule is COc1ccc(-c2cc(C(=O)NNC(=O)CN3CCSC3=O)c3ccccc3n2)cc1OC. The summed E-state index contributed by atoms with van der Waals surface area (Å²) in [7, 11) is 3.10. The van der Waals surface area contributed by atoms with E-state index in [-0.39, 0.29) is 11.8 Å². The van der Waals surface area contributed by atoms with Gasteiger partial charge in [0.25, 0.3) is 17.1 Å². The second kappa shape index (κ2) is 9.78. The third-order valence-electron chi connectivity index (χ3n) is 5.13. The van der Waals surface area contributed by atoms with E-state index in [1.807, 2.05) is 24.3 Å². The van der Waals surface area contributed by atoms with Crippen LogP contribution in [0, 0.1) is 0 Å². The fourth-order valence-electron chi connectivity index (χ4n) is 3.48. The Hall–Kier alpha value is -3.79. The zero-order valence-electron chi connectivity index (χ0n) is 18.1. The van der Waals surface area contributed by atoms with Gasteiger partial charge in [0, 0.05) is 23.2 Å². The van der Waals surface area contributed by atoms with Gasteiger partial charge in [-0.1, -0.05) is 30.0 Å². The molecule has 0 saturated carbocycles. The molecule has 1 aliphatic rings. The molecule has 0 aliphatic carbocycles. The number of ether oxygens (including phenoxy) is 2. The lowest BCUT2D eigenvalue weighted by Gasteiger charge is -2.15. The minimum atomic E-state index is -0.495. The highest BCUT2D eigenvalue weighted by molar-refractivity contribution is 8.13. The number of rotatable bonds is 6. The van der Waals surface area contributed by atoms with Gasteiger partial charge in [0.2, 0.25) is 0 Å². The average Bonchev–Trinajstić information content (AvgIpc) is 3.25. The van der Waals surface area contributed by atoms with E-state index >= 15 is 0 Å². The fourth-order valence-corrected chi connectivity index (χ4v) is 4.31. The van der Waals surface area contributed by atoms with E-state index in [2.05, 4.69) is 15.8 Å². The molecule has 0 radical (unpaired) electrons. The van der Waals surface area contributed by atoms with Crippen molar-refractivity contribution in [3.63, 3.8) is 0 Å². The number of hydrogen-bond donors (Lipinski definition) is 2. The van der Waals surface area contributed by atoms with Gasteiger partial charge in [-0.2, -0.15) is 0 Å². The summed E-state index contributed by atoms with van der Waals surface area (Å²) in [5, 5.41) is 0.496. The molecule has 10 heteroatoms. The Morgan fingerprint density at radius 2 is 1.85 bits per heavy atom. The number of hydrogen-bond acceptors (Lipinski definition) is 7. The molecule has 0 unspecified atom stereocenters. The Balaban J connectivity index is 1.59. The molecule has 3 amide bonds. The summed E-state index contributed by atoms with van der Waals surface area (Å²) in [6.45, 7) is 0.397. The maximum Gasteiger partial charge on any atom is 0.282 e. The molecule has 0 spiro atoms. The van der Waals surface area contributed by atoms with E-state index in [4.69, 9.17) is 9.47 Å². The van der Waals surface area contributed by atoms with Crippen molar-refractivity contribution in [3.8, 4) is 22.8 Å². The standard InChI is InChI=1S/C23H22N4O5S/c1-31-19-8-7-14(11-20(19)32-2)18-12-16(15-5-3-4-6-17(15)24-18)22(29)26-25-21(28)13-27-9-10-33-23(27)30/h3-8,11-12H,9-10,13H2,1-2H3,(H,25,28)(H,26,29). The van der Waals surface area contributed by atoms with Crippen LogP contribution in [0.1, 0.15) is 10.4 Å². The van der Waals surface area contributed by atoms with Crippen LogP contribution in [-0.4, -0.2) is 60.0 Å². The Bertz CT molecular complexity index is 1230. The van der Waals surface area contributed by atoms with Crippen LogP contribution in [0.4, 0.5) is 4.79 Å². The molecule has 0 bridgehead atoms. The number of carbonyl (C=O) groups excluding carboxylic acids is 3. The minimum absolute atomic E-state index is 0.111. The van der Waals surface area contributed by atoms with E-state index in [1.54, 1.807) is 38.5 Å². The molecule has 170 valence electrons. The van der Waals surface area contributed by atoms with E-state index in [0.29, 0.717) is 46.0 Å². The molecule has 33 heavy (non-hydrogen) atoms. The van der Waals surface area contributed by atoms with Gasteiger partial charge in [0.05, 0.1) is 31.0 Å². The van der Waals surface area contributed by atoms with Crippen molar-refractivity contribution < 1.29 is 23.9 Å². The molecule has 2 N–H and O–H groups in total. The topological polar surface area (TPSA) is 110 Å². The van der Waals surface area contributed by atoms with Crippen LogP contribution in [0.2, 0.25) is 0 Å². The summed E-state index contributed by atoms with van der Waals surface area (Å²) in [5.41, 5.74) is 7.10. The largest absolute Gasteiger partial charge is 0.493 e. The molecule has 3 aromatic rings. The van der Waals surface area contributed by atoms with Crippen molar-refractivity contribution in [2.75, 3.05) is 33.1 Å². The number of amides is 3. The van der Waals surface area contributed by atoms with Crippen molar-refractivity contribution in [2.24, 2.45) is 0 Å². The molecular formula is C23H22N4O5S. The van der Waals surface area contributed by atoms with Gasteiger partial charge in [0.1, 0.15) is 6.54 Å². The maximum atomic E-state index is 13.0. The van der Waals surface area contributed by atoms with E-state index in [9.17, 15) is 14.4 Å². The zero-order chi connectivity index (χ0) is 23.4. The van der Waals surface area contributed by atoms with Crippen molar-refractivity contribution in [1.82, 2.24) is 20.7 Å². The van der Waals surface area contributed by atoms with Crippen molar-refractivity contribution >= 4 is 39.7 Å². The molecule has 1 saturated heterocycles. The van der Waals surface area contributed by atoms with E-state index in [1.165, 1.54) is 16.7 Å². The number of hydrazine groups is 1. The normalized spacial score (nSPS) is 13.2. The second-order valence-electron chi connectivity index (χ2n) is 7.18. The number of para-hydroxylation sites is 1. The maximum absolute atomic E-state index is 13.0. The van der Waals surface area contributed by atoms with Crippen molar-refractivity contribution in [1.29, 1.82) is 0 Å². The number of nitrogens with one attached hydrogen (secondary N) is 2. The summed E-state index contributed by atoms with van der Waals surface area (Å²) in [4.78, 5) is 43.0. The summed E-state index contributed by atoms with van der Waals surface area (Å²) >= 11 is 1.17. The van der Waals surface area contributed by atoms with Gasteiger partial charge < -0.3 is 14.4 Å². The molecule has 0 atom stereocenters. The molecule has 1 fully saturated rings. The first kappa shape index (κ1) is 22.4. The number of carbonyl (C=O) groups is 3. The third-order valence-corrected chi connectivity index (χ3v) is 6.03. The Morgan fingerprint density at radius 1 is 1.06 bits per heavy atom. The van der Waals surface area contributed by atoms with Crippen molar-refractivity contribution in [3.05, 3.63) is 54.1 Å². The van der Waals surface area contributed by atoms with Crippen LogP contribution < -0.4 is 20.3 Å². The molecule has 9 nitrogen and oxygen atoms in total. The van der Waals surface area contributed by atoms with Crippen LogP contribution in [0.3, 0.4) is 0 Å². The third kappa shape index (κ3) is 4.85. The fraction of sp³-hybridized carbons (Fsp3) is 0.217. The first-order valence-corrected chi connectivity index (χ1v) is 11.1. The number of thioether (sulfide) groups is 1. The van der Waals surface area contributed by atoms with Gasteiger partial charge >= 0.3 is 0 Å². The highest BCUT2D eigenvalue weighted by Gasteiger charge is 2.23. The molecular weight excluding hydrogens is 444 g/mol. The van der Waals surface area contributed by atoms with Crippen LogP contribution in [0.15, 0.2) is 48.5 Å². The first-order valence-electron chi connectivity index (χ1n) is 10.1. The van der Waals surface area contributed by atoms with Gasteiger partial charge in [-0.3, -0.25) is 25.2 Å². The van der Waals surface area contributed by atoms with Gasteiger partial charge in [0.15, 0.2) is 11.5 Å². The molecule has 1 aromatic heterocycles. The highest BCUT2D eigenvalue weighted by Crippen LogP contribution is 2.33. The van der Waals surface area contributed by atoms with Gasteiger partial charge in [-0.05, 0) is 30.3 Å². The number of benzene rings is 2. The quantitative estimate of drug-likeness (QED) is 0.538.